The molecule has 0 spiro atoms. The van der Waals surface area contributed by atoms with Gasteiger partial charge in [0.25, 0.3) is 0 Å². The molecule has 0 atom stereocenters. The third kappa shape index (κ3) is 8.01. The molecular formula is C31H49ClN6O3S. The average molecular weight is 621 g/mol. The summed E-state index contributed by atoms with van der Waals surface area (Å²) in [7, 11) is -3.49. The van der Waals surface area contributed by atoms with Crippen molar-refractivity contribution in [2.24, 2.45) is 0 Å². The van der Waals surface area contributed by atoms with Gasteiger partial charge in [-0.05, 0) is 32.4 Å². The number of ether oxygens (including phenoxy) is 1. The Morgan fingerprint density at radius 3 is 2.33 bits per heavy atom. The first kappa shape index (κ1) is 33.8. The van der Waals surface area contributed by atoms with Crippen molar-refractivity contribution in [1.29, 1.82) is 0 Å². The maximum atomic E-state index is 12.7. The third-order valence-corrected chi connectivity index (χ3v) is 9.70. The zero-order valence-electron chi connectivity index (χ0n) is 26.5. The van der Waals surface area contributed by atoms with Gasteiger partial charge in [-0.15, -0.1) is 10.2 Å². The summed E-state index contributed by atoms with van der Waals surface area (Å²) in [6.07, 6.45) is 6.11. The van der Waals surface area contributed by atoms with Crippen LogP contribution in [0, 0.1) is 0 Å². The number of rotatable bonds is 16. The van der Waals surface area contributed by atoms with E-state index in [1.807, 2.05) is 10.6 Å². The van der Waals surface area contributed by atoms with Crippen LogP contribution < -0.4 is 14.8 Å². The summed E-state index contributed by atoms with van der Waals surface area (Å²) in [6, 6.07) is 7.06. The zero-order valence-corrected chi connectivity index (χ0v) is 28.1. The van der Waals surface area contributed by atoms with Crippen molar-refractivity contribution < 1.29 is 13.2 Å². The van der Waals surface area contributed by atoms with Crippen molar-refractivity contribution in [3.8, 4) is 5.75 Å². The van der Waals surface area contributed by atoms with Crippen LogP contribution in [-0.4, -0.2) is 46.1 Å². The number of benzene rings is 1. The molecule has 11 heteroatoms. The Bertz CT molecular complexity index is 1470. The molecule has 0 saturated carbocycles. The fraction of sp³-hybridized carbons (Fsp3) is 0.613. The number of para-hydroxylation sites is 2. The van der Waals surface area contributed by atoms with Crippen molar-refractivity contribution in [2.75, 3.05) is 17.1 Å². The molecule has 234 valence electrons. The number of anilines is 1. The maximum Gasteiger partial charge on any atom is 0.232 e. The van der Waals surface area contributed by atoms with Gasteiger partial charge in [0.15, 0.2) is 11.5 Å². The molecule has 0 aliphatic rings. The molecule has 3 N–H and O–H groups in total. The van der Waals surface area contributed by atoms with Gasteiger partial charge in [-0.3, -0.25) is 9.82 Å². The predicted molar refractivity (Wildman–Crippen MR) is 173 cm³/mol. The van der Waals surface area contributed by atoms with E-state index in [0.29, 0.717) is 34.2 Å². The highest BCUT2D eigenvalue weighted by molar-refractivity contribution is 7.92. The van der Waals surface area contributed by atoms with Crippen LogP contribution >= 0.6 is 11.6 Å². The lowest BCUT2D eigenvalue weighted by atomic mass is 9.73. The molecule has 0 bridgehead atoms. The molecule has 2 heterocycles. The molecule has 0 radical (unpaired) electrons. The molecule has 2 aromatic heterocycles. The van der Waals surface area contributed by atoms with Crippen LogP contribution in [0.5, 0.6) is 5.75 Å². The summed E-state index contributed by atoms with van der Waals surface area (Å²) in [5.74, 6) is 1.26. The van der Waals surface area contributed by atoms with Crippen molar-refractivity contribution >= 4 is 33.0 Å². The second kappa shape index (κ2) is 13.3. The monoisotopic (exact) mass is 620 g/mol. The number of hydrogen-bond donors (Lipinski definition) is 3. The number of H-pyrrole nitrogens is 1. The highest BCUT2D eigenvalue weighted by atomic mass is 35.5. The summed E-state index contributed by atoms with van der Waals surface area (Å²) in [4.78, 5) is 0. The van der Waals surface area contributed by atoms with Gasteiger partial charge in [0, 0.05) is 22.1 Å². The summed E-state index contributed by atoms with van der Waals surface area (Å²) in [5, 5.41) is 16.4. The van der Waals surface area contributed by atoms with E-state index in [9.17, 15) is 8.42 Å². The van der Waals surface area contributed by atoms with E-state index in [0.717, 1.165) is 30.8 Å². The number of unbranched alkanes of at least 4 members (excludes halogenated alkanes) is 5. The fourth-order valence-electron chi connectivity index (χ4n) is 4.75. The quantitative estimate of drug-likeness (QED) is 0.144. The molecule has 1 aromatic carbocycles. The first-order valence-electron chi connectivity index (χ1n) is 14.8. The highest BCUT2D eigenvalue weighted by Gasteiger charge is 2.43. The van der Waals surface area contributed by atoms with E-state index in [-0.39, 0.29) is 17.8 Å². The van der Waals surface area contributed by atoms with Gasteiger partial charge in [0.1, 0.15) is 17.4 Å². The highest BCUT2D eigenvalue weighted by Crippen LogP contribution is 2.37. The minimum absolute atomic E-state index is 0.0875. The van der Waals surface area contributed by atoms with E-state index in [1.54, 1.807) is 18.2 Å². The Hall–Kier alpha value is -2.72. The normalized spacial score (nSPS) is 13.0. The Morgan fingerprint density at radius 1 is 1.02 bits per heavy atom. The van der Waals surface area contributed by atoms with Gasteiger partial charge in [-0.25, -0.2) is 12.9 Å². The van der Waals surface area contributed by atoms with Crippen LogP contribution in [-0.2, 0) is 20.9 Å². The number of aromatic nitrogens is 4. The summed E-state index contributed by atoms with van der Waals surface area (Å²) in [6.45, 7) is 21.1. The lowest BCUT2D eigenvalue weighted by molar-refractivity contribution is 0.229. The van der Waals surface area contributed by atoms with E-state index < -0.39 is 21.0 Å². The first-order valence-corrected chi connectivity index (χ1v) is 16.8. The summed E-state index contributed by atoms with van der Waals surface area (Å²) >= 11 is 6.66. The van der Waals surface area contributed by atoms with Crippen molar-refractivity contribution in [3.05, 3.63) is 53.1 Å². The molecule has 0 unspecified atom stereocenters. The topological polar surface area (TPSA) is 113 Å². The molecule has 0 aliphatic heterocycles. The van der Waals surface area contributed by atoms with E-state index >= 15 is 0 Å². The Kier molecular flexibility index (Phi) is 10.7. The standard InChI is InChI=1S/C31H49ClN6O3S/c1-10-11-12-13-14-17-20-42(39,40)37-23-18-15-16-19-24(23)41-21-22(2)33-31(8,9)30(6,7)28-35-34-27-25(32)26(29(3,4)5)36-38(27)28/h15-16,18-19,33,36-37H,2,10-14,17,20-21H2,1,3-9H3. The molecule has 0 amide bonds. The average Bonchev–Trinajstić information content (AvgIpc) is 3.45. The molecule has 0 fully saturated rings. The number of aromatic amines is 1. The third-order valence-electron chi connectivity index (χ3n) is 7.98. The van der Waals surface area contributed by atoms with Gasteiger partial charge < -0.3 is 10.1 Å². The fourth-order valence-corrected chi connectivity index (χ4v) is 6.39. The second-order valence-corrected chi connectivity index (χ2v) is 15.4. The van der Waals surface area contributed by atoms with Crippen LogP contribution in [0.3, 0.4) is 0 Å². The number of nitrogens with one attached hydrogen (secondary N) is 3. The van der Waals surface area contributed by atoms with E-state index in [4.69, 9.17) is 16.3 Å². The molecule has 3 rings (SSSR count). The Labute approximate surface area is 256 Å². The van der Waals surface area contributed by atoms with Gasteiger partial charge >= 0.3 is 0 Å². The molecule has 0 aliphatic carbocycles. The van der Waals surface area contributed by atoms with Crippen molar-refractivity contribution in [3.63, 3.8) is 0 Å². The van der Waals surface area contributed by atoms with Gasteiger partial charge in [-0.2, -0.15) is 0 Å². The van der Waals surface area contributed by atoms with Crippen LogP contribution in [0.1, 0.15) is 105 Å². The number of sulfonamides is 1. The molecule has 3 aromatic rings. The van der Waals surface area contributed by atoms with Gasteiger partial charge in [0.05, 0.1) is 17.1 Å². The smallest absolute Gasteiger partial charge is 0.232 e. The van der Waals surface area contributed by atoms with Crippen LogP contribution in [0.2, 0.25) is 5.02 Å². The minimum atomic E-state index is -3.49. The van der Waals surface area contributed by atoms with Crippen molar-refractivity contribution in [1.82, 2.24) is 25.1 Å². The van der Waals surface area contributed by atoms with Crippen LogP contribution in [0.4, 0.5) is 5.69 Å². The summed E-state index contributed by atoms with van der Waals surface area (Å²) in [5.41, 5.74) is 1.31. The Morgan fingerprint density at radius 2 is 1.67 bits per heavy atom. The maximum absolute atomic E-state index is 12.7. The van der Waals surface area contributed by atoms with E-state index in [2.05, 4.69) is 87.3 Å². The van der Waals surface area contributed by atoms with Crippen molar-refractivity contribution in [2.45, 2.75) is 110 Å². The largest absolute Gasteiger partial charge is 0.485 e. The van der Waals surface area contributed by atoms with Gasteiger partial charge in [-0.1, -0.05) is 104 Å². The minimum Gasteiger partial charge on any atom is -0.485 e. The SMILES string of the molecule is C=C(COc1ccccc1NS(=O)(=O)CCCCCCCC)NC(C)(C)C(C)(C)c1nnc2c(Cl)c(C(C)(C)C)[nH]n12. The molecule has 0 saturated heterocycles. The predicted octanol–water partition coefficient (Wildman–Crippen LogP) is 7.35. The number of fused-ring (bicyclic) bond motifs is 1. The lowest BCUT2D eigenvalue weighted by Gasteiger charge is -2.42. The number of halogens is 1. The molecule has 42 heavy (non-hydrogen) atoms. The summed E-state index contributed by atoms with van der Waals surface area (Å²) < 4.78 is 36.1. The number of hydrogen-bond acceptors (Lipinski definition) is 6. The lowest BCUT2D eigenvalue weighted by Crippen LogP contribution is -2.54. The molecule has 9 nitrogen and oxygen atoms in total. The van der Waals surface area contributed by atoms with E-state index in [1.165, 1.54) is 12.8 Å². The van der Waals surface area contributed by atoms with Crippen LogP contribution in [0.25, 0.3) is 5.65 Å². The zero-order chi connectivity index (χ0) is 31.3. The molecular weight excluding hydrogens is 572 g/mol. The number of nitrogens with zero attached hydrogens (tertiary/aromatic N) is 3. The van der Waals surface area contributed by atoms with Crippen LogP contribution in [0.15, 0.2) is 36.5 Å². The van der Waals surface area contributed by atoms with Gasteiger partial charge in [0.2, 0.25) is 10.0 Å². The first-order chi connectivity index (χ1) is 19.5. The second-order valence-electron chi connectivity index (χ2n) is 13.2. The Balaban J connectivity index is 1.66.